The van der Waals surface area contributed by atoms with Gasteiger partial charge in [-0.15, -0.1) is 0 Å². The third kappa shape index (κ3) is 2.37. The molecule has 0 spiro atoms. The normalized spacial score (nSPS) is 17.0. The Morgan fingerprint density at radius 1 is 1.41 bits per heavy atom. The van der Waals surface area contributed by atoms with Crippen LogP contribution in [0.15, 0.2) is 34.2 Å². The van der Waals surface area contributed by atoms with Crippen molar-refractivity contribution in [1.29, 1.82) is 0 Å². The van der Waals surface area contributed by atoms with Crippen LogP contribution in [-0.2, 0) is 11.8 Å². The molecule has 1 atom stereocenters. The van der Waals surface area contributed by atoms with Gasteiger partial charge in [-0.05, 0) is 24.0 Å². The molecule has 1 aliphatic heterocycles. The van der Waals surface area contributed by atoms with Crippen molar-refractivity contribution in [2.75, 3.05) is 11.6 Å². The smallest absolute Gasteiger partial charge is 0.279 e. The molecule has 0 unspecified atom stereocenters. The Kier molecular flexibility index (Phi) is 3.66. The summed E-state index contributed by atoms with van der Waals surface area (Å²) < 4.78 is 1.72. The summed E-state index contributed by atoms with van der Waals surface area (Å²) in [5.41, 5.74) is 0.850. The molecule has 0 aliphatic carbocycles. The van der Waals surface area contributed by atoms with Crippen LogP contribution in [0.4, 0.5) is 5.82 Å². The quantitative estimate of drug-likeness (QED) is 0.650. The van der Waals surface area contributed by atoms with E-state index in [1.807, 2.05) is 6.26 Å². The van der Waals surface area contributed by atoms with Crippen LogP contribution < -0.4 is 10.9 Å². The average Bonchev–Trinajstić information content (AvgIpc) is 2.50. The largest absolute Gasteiger partial charge is 0.508 e. The number of benzene rings is 1. The van der Waals surface area contributed by atoms with Gasteiger partial charge >= 0.3 is 0 Å². The maximum absolute atomic E-state index is 12.4. The standard InChI is InChI=1S/C15H15N3O3S/c1-18-13-12(14(21)17-15(18)22-2)10(7-11(20)16-13)8-4-3-5-9(19)6-8/h3-6,10,19H,7H2,1-2H3,(H,16,20)/t10-/m0/s1. The summed E-state index contributed by atoms with van der Waals surface area (Å²) in [5, 5.41) is 13.0. The number of hydrogen-bond donors (Lipinski definition) is 2. The van der Waals surface area contributed by atoms with Crippen LogP contribution in [0.5, 0.6) is 5.75 Å². The van der Waals surface area contributed by atoms with Gasteiger partial charge in [0.05, 0.1) is 5.56 Å². The highest BCUT2D eigenvalue weighted by Gasteiger charge is 2.32. The number of fused-ring (bicyclic) bond motifs is 1. The molecule has 1 amide bonds. The third-order valence-corrected chi connectivity index (χ3v) is 4.49. The number of rotatable bonds is 2. The second-order valence-corrected chi connectivity index (χ2v) is 5.90. The van der Waals surface area contributed by atoms with E-state index in [1.165, 1.54) is 11.8 Å². The maximum atomic E-state index is 12.4. The number of phenolic OH excluding ortho intramolecular Hbond substituents is 1. The Labute approximate surface area is 131 Å². The Balaban J connectivity index is 2.24. The van der Waals surface area contributed by atoms with Gasteiger partial charge in [0, 0.05) is 19.4 Å². The van der Waals surface area contributed by atoms with Crippen molar-refractivity contribution in [3.05, 3.63) is 45.7 Å². The molecule has 0 radical (unpaired) electrons. The fourth-order valence-corrected chi connectivity index (χ4v) is 3.28. The predicted octanol–water partition coefficient (Wildman–Crippen LogP) is 1.68. The summed E-state index contributed by atoms with van der Waals surface area (Å²) in [6.07, 6.45) is 1.98. The first-order valence-electron chi connectivity index (χ1n) is 6.75. The van der Waals surface area contributed by atoms with Gasteiger partial charge in [-0.1, -0.05) is 23.9 Å². The lowest BCUT2D eigenvalue weighted by atomic mass is 9.86. The lowest BCUT2D eigenvalue weighted by molar-refractivity contribution is -0.116. The van der Waals surface area contributed by atoms with Gasteiger partial charge < -0.3 is 15.0 Å². The van der Waals surface area contributed by atoms with E-state index in [2.05, 4.69) is 10.3 Å². The van der Waals surface area contributed by atoms with Crippen LogP contribution in [0.1, 0.15) is 23.5 Å². The zero-order chi connectivity index (χ0) is 15.9. The Morgan fingerprint density at radius 2 is 2.18 bits per heavy atom. The van der Waals surface area contributed by atoms with Gasteiger partial charge in [0.2, 0.25) is 5.91 Å². The summed E-state index contributed by atoms with van der Waals surface area (Å²) in [5.74, 6) is 0.0246. The summed E-state index contributed by atoms with van der Waals surface area (Å²) in [4.78, 5) is 28.5. The van der Waals surface area contributed by atoms with Crippen molar-refractivity contribution in [2.24, 2.45) is 7.05 Å². The first-order chi connectivity index (χ1) is 10.5. The predicted molar refractivity (Wildman–Crippen MR) is 84.5 cm³/mol. The zero-order valence-corrected chi connectivity index (χ0v) is 13.0. The van der Waals surface area contributed by atoms with E-state index in [4.69, 9.17) is 0 Å². The summed E-state index contributed by atoms with van der Waals surface area (Å²) >= 11 is 1.34. The second kappa shape index (κ2) is 5.49. The van der Waals surface area contributed by atoms with Crippen LogP contribution in [0.3, 0.4) is 0 Å². The van der Waals surface area contributed by atoms with Crippen molar-refractivity contribution < 1.29 is 9.90 Å². The van der Waals surface area contributed by atoms with Crippen LogP contribution in [0.25, 0.3) is 0 Å². The summed E-state index contributed by atoms with van der Waals surface area (Å²) in [6.45, 7) is 0. The van der Waals surface area contributed by atoms with E-state index in [1.54, 1.807) is 35.9 Å². The average molecular weight is 317 g/mol. The van der Waals surface area contributed by atoms with Gasteiger partial charge in [0.1, 0.15) is 11.6 Å². The van der Waals surface area contributed by atoms with E-state index < -0.39 is 5.92 Å². The lowest BCUT2D eigenvalue weighted by Crippen LogP contribution is -2.33. The van der Waals surface area contributed by atoms with Crippen molar-refractivity contribution >= 4 is 23.5 Å². The molecule has 3 rings (SSSR count). The molecule has 0 fully saturated rings. The highest BCUT2D eigenvalue weighted by atomic mass is 32.2. The Morgan fingerprint density at radius 3 is 2.86 bits per heavy atom. The highest BCUT2D eigenvalue weighted by molar-refractivity contribution is 7.98. The number of aromatic hydroxyl groups is 1. The monoisotopic (exact) mass is 317 g/mol. The maximum Gasteiger partial charge on any atom is 0.279 e. The minimum atomic E-state index is -0.405. The number of nitrogens with zero attached hydrogens (tertiary/aromatic N) is 2. The number of amides is 1. The highest BCUT2D eigenvalue weighted by Crippen LogP contribution is 2.36. The number of carbonyl (C=O) groups is 1. The van der Waals surface area contributed by atoms with E-state index in [0.29, 0.717) is 16.5 Å². The molecule has 0 bridgehead atoms. The summed E-state index contributed by atoms with van der Waals surface area (Å²) in [7, 11) is 1.77. The molecule has 1 aromatic carbocycles. The molecular formula is C15H15N3O3S. The fourth-order valence-electron chi connectivity index (χ4n) is 2.74. The molecule has 6 nitrogen and oxygen atoms in total. The lowest BCUT2D eigenvalue weighted by Gasteiger charge is -2.27. The molecule has 114 valence electrons. The molecule has 2 aromatic rings. The Bertz CT molecular complexity index is 816. The molecule has 2 heterocycles. The first-order valence-corrected chi connectivity index (χ1v) is 7.97. The van der Waals surface area contributed by atoms with E-state index in [9.17, 15) is 14.7 Å². The summed E-state index contributed by atoms with van der Waals surface area (Å²) in [6, 6.07) is 6.63. The van der Waals surface area contributed by atoms with Gasteiger partial charge in [-0.25, -0.2) is 0 Å². The van der Waals surface area contributed by atoms with Gasteiger partial charge in [0.15, 0.2) is 5.16 Å². The molecule has 2 N–H and O–H groups in total. The molecular weight excluding hydrogens is 302 g/mol. The van der Waals surface area contributed by atoms with Crippen LogP contribution in [0, 0.1) is 0 Å². The molecule has 22 heavy (non-hydrogen) atoms. The minimum absolute atomic E-state index is 0.107. The zero-order valence-electron chi connectivity index (χ0n) is 12.2. The molecule has 1 aliphatic rings. The second-order valence-electron chi connectivity index (χ2n) is 5.12. The number of thioether (sulfide) groups is 1. The number of phenols is 1. The molecule has 7 heteroatoms. The van der Waals surface area contributed by atoms with Crippen molar-refractivity contribution in [3.63, 3.8) is 0 Å². The first kappa shape index (κ1) is 14.6. The number of hydrogen-bond acceptors (Lipinski definition) is 5. The number of aromatic nitrogens is 2. The SMILES string of the molecule is CSc1nc(=O)c2c(n1C)NC(=O)C[C@H]2c1cccc(O)c1. The number of nitrogens with one attached hydrogen (secondary N) is 1. The topological polar surface area (TPSA) is 84.2 Å². The van der Waals surface area contributed by atoms with E-state index >= 15 is 0 Å². The van der Waals surface area contributed by atoms with Gasteiger partial charge in [0.25, 0.3) is 5.56 Å². The molecule has 0 saturated carbocycles. The van der Waals surface area contributed by atoms with Crippen molar-refractivity contribution in [1.82, 2.24) is 9.55 Å². The van der Waals surface area contributed by atoms with Gasteiger partial charge in [-0.3, -0.25) is 9.59 Å². The van der Waals surface area contributed by atoms with Crippen molar-refractivity contribution in [2.45, 2.75) is 17.5 Å². The molecule has 0 saturated heterocycles. The molecule has 1 aromatic heterocycles. The number of carbonyl (C=O) groups excluding carboxylic acids is 1. The van der Waals surface area contributed by atoms with E-state index in [0.717, 1.165) is 5.56 Å². The fraction of sp³-hybridized carbons (Fsp3) is 0.267. The Hall–Kier alpha value is -2.28. The number of anilines is 1. The van der Waals surface area contributed by atoms with Crippen LogP contribution >= 0.6 is 11.8 Å². The van der Waals surface area contributed by atoms with Gasteiger partial charge in [-0.2, -0.15) is 4.98 Å². The third-order valence-electron chi connectivity index (χ3n) is 3.76. The minimum Gasteiger partial charge on any atom is -0.508 e. The van der Waals surface area contributed by atoms with Crippen LogP contribution in [-0.4, -0.2) is 26.8 Å². The van der Waals surface area contributed by atoms with E-state index in [-0.39, 0.29) is 23.6 Å². The van der Waals surface area contributed by atoms with Crippen molar-refractivity contribution in [3.8, 4) is 5.75 Å². The van der Waals surface area contributed by atoms with Crippen LogP contribution in [0.2, 0.25) is 0 Å².